The lowest BCUT2D eigenvalue weighted by Gasteiger charge is -2.11. The van der Waals surface area contributed by atoms with Crippen LogP contribution in [0.25, 0.3) is 0 Å². The molecule has 0 spiro atoms. The Bertz CT molecular complexity index is 406. The van der Waals surface area contributed by atoms with Gasteiger partial charge in [-0.15, -0.1) is 0 Å². The van der Waals surface area contributed by atoms with E-state index in [2.05, 4.69) is 10.3 Å². The van der Waals surface area contributed by atoms with Crippen LogP contribution in [-0.4, -0.2) is 28.5 Å². The monoisotopic (exact) mass is 264 g/mol. The number of amides is 1. The van der Waals surface area contributed by atoms with Gasteiger partial charge in [0.05, 0.1) is 0 Å². The molecule has 5 heteroatoms. The summed E-state index contributed by atoms with van der Waals surface area (Å²) in [6.07, 6.45) is 5.28. The van der Waals surface area contributed by atoms with Crippen LogP contribution in [0, 0.1) is 5.92 Å². The Labute approximate surface area is 113 Å². The molecule has 1 aromatic rings. The standard InChI is InChI=1S/C14H20N2O3/c1-11(2-5-14(18)19)10-16-13(17)4-3-12-6-8-15-9-7-12/h6-9,11H,2-5,10H2,1H3,(H,16,17)(H,18,19). The van der Waals surface area contributed by atoms with Crippen molar-refractivity contribution in [3.8, 4) is 0 Å². The van der Waals surface area contributed by atoms with Crippen molar-refractivity contribution in [2.45, 2.75) is 32.6 Å². The number of carboxylic acids is 1. The van der Waals surface area contributed by atoms with Crippen molar-refractivity contribution in [3.63, 3.8) is 0 Å². The van der Waals surface area contributed by atoms with Crippen molar-refractivity contribution in [1.82, 2.24) is 10.3 Å². The summed E-state index contributed by atoms with van der Waals surface area (Å²) in [5, 5.41) is 11.4. The highest BCUT2D eigenvalue weighted by Gasteiger charge is 2.07. The Kier molecular flexibility index (Phi) is 6.57. The molecule has 2 N–H and O–H groups in total. The van der Waals surface area contributed by atoms with Gasteiger partial charge in [0.1, 0.15) is 0 Å². The minimum absolute atomic E-state index is 0.000938. The highest BCUT2D eigenvalue weighted by atomic mass is 16.4. The summed E-state index contributed by atoms with van der Waals surface area (Å²) in [4.78, 5) is 25.9. The predicted molar refractivity (Wildman–Crippen MR) is 71.6 cm³/mol. The Morgan fingerprint density at radius 1 is 1.32 bits per heavy atom. The second-order valence-electron chi connectivity index (χ2n) is 4.70. The molecule has 0 bridgehead atoms. The van der Waals surface area contributed by atoms with Gasteiger partial charge in [-0.1, -0.05) is 6.92 Å². The fourth-order valence-corrected chi connectivity index (χ4v) is 1.66. The van der Waals surface area contributed by atoms with Gasteiger partial charge in [-0.05, 0) is 36.5 Å². The van der Waals surface area contributed by atoms with E-state index in [0.29, 0.717) is 25.8 Å². The fraction of sp³-hybridized carbons (Fsp3) is 0.500. The molecule has 0 aliphatic rings. The summed E-state index contributed by atoms with van der Waals surface area (Å²) in [5.41, 5.74) is 1.09. The molecule has 19 heavy (non-hydrogen) atoms. The highest BCUT2D eigenvalue weighted by molar-refractivity contribution is 5.76. The summed E-state index contributed by atoms with van der Waals surface area (Å²) < 4.78 is 0. The summed E-state index contributed by atoms with van der Waals surface area (Å²) in [6.45, 7) is 2.47. The fourth-order valence-electron chi connectivity index (χ4n) is 1.66. The number of aromatic nitrogens is 1. The van der Waals surface area contributed by atoms with E-state index in [1.165, 1.54) is 0 Å². The third kappa shape index (κ3) is 7.18. The lowest BCUT2D eigenvalue weighted by Crippen LogP contribution is -2.28. The number of pyridine rings is 1. The molecule has 0 fully saturated rings. The Balaban J connectivity index is 2.16. The average Bonchev–Trinajstić information content (AvgIpc) is 2.41. The van der Waals surface area contributed by atoms with Crippen molar-refractivity contribution in [2.24, 2.45) is 5.92 Å². The molecule has 5 nitrogen and oxygen atoms in total. The molecular formula is C14H20N2O3. The molecule has 0 radical (unpaired) electrons. The van der Waals surface area contributed by atoms with Gasteiger partial charge in [0.2, 0.25) is 5.91 Å². The molecular weight excluding hydrogens is 244 g/mol. The lowest BCUT2D eigenvalue weighted by atomic mass is 10.1. The smallest absolute Gasteiger partial charge is 0.303 e. The number of nitrogens with one attached hydrogen (secondary N) is 1. The SMILES string of the molecule is CC(CCC(=O)O)CNC(=O)CCc1ccncc1. The molecule has 0 saturated heterocycles. The molecule has 1 aromatic heterocycles. The first-order valence-corrected chi connectivity index (χ1v) is 6.45. The normalized spacial score (nSPS) is 11.8. The van der Waals surface area contributed by atoms with Gasteiger partial charge in [0.15, 0.2) is 0 Å². The number of rotatable bonds is 8. The highest BCUT2D eigenvalue weighted by Crippen LogP contribution is 2.05. The van der Waals surface area contributed by atoms with Gasteiger partial charge >= 0.3 is 5.97 Å². The first-order chi connectivity index (χ1) is 9.08. The number of carbonyl (C=O) groups excluding carboxylic acids is 1. The van der Waals surface area contributed by atoms with Gasteiger partial charge in [0.25, 0.3) is 0 Å². The summed E-state index contributed by atoms with van der Waals surface area (Å²) in [7, 11) is 0. The number of hydrogen-bond donors (Lipinski definition) is 2. The van der Waals surface area contributed by atoms with Crippen LogP contribution in [0.1, 0.15) is 31.7 Å². The minimum atomic E-state index is -0.795. The molecule has 1 unspecified atom stereocenters. The van der Waals surface area contributed by atoms with Crippen molar-refractivity contribution >= 4 is 11.9 Å². The molecule has 1 amide bonds. The van der Waals surface area contributed by atoms with E-state index < -0.39 is 5.97 Å². The van der Waals surface area contributed by atoms with E-state index in [1.807, 2.05) is 19.1 Å². The molecule has 0 aromatic carbocycles. The maximum atomic E-state index is 11.6. The quantitative estimate of drug-likeness (QED) is 0.748. The van der Waals surface area contributed by atoms with Crippen LogP contribution in [0.2, 0.25) is 0 Å². The van der Waals surface area contributed by atoms with Crippen LogP contribution in [0.4, 0.5) is 0 Å². The second-order valence-corrected chi connectivity index (χ2v) is 4.70. The van der Waals surface area contributed by atoms with Crippen molar-refractivity contribution in [2.75, 3.05) is 6.54 Å². The molecule has 1 rings (SSSR count). The summed E-state index contributed by atoms with van der Waals surface area (Å²) in [5.74, 6) is -0.615. The Morgan fingerprint density at radius 3 is 2.63 bits per heavy atom. The van der Waals surface area contributed by atoms with Crippen LogP contribution in [-0.2, 0) is 16.0 Å². The molecule has 104 valence electrons. The van der Waals surface area contributed by atoms with E-state index in [-0.39, 0.29) is 18.2 Å². The number of hydrogen-bond acceptors (Lipinski definition) is 3. The van der Waals surface area contributed by atoms with Gasteiger partial charge in [-0.2, -0.15) is 0 Å². The Morgan fingerprint density at radius 2 is 2.00 bits per heavy atom. The van der Waals surface area contributed by atoms with Crippen molar-refractivity contribution in [3.05, 3.63) is 30.1 Å². The molecule has 0 aliphatic heterocycles. The number of nitrogens with zero attached hydrogens (tertiary/aromatic N) is 1. The van der Waals surface area contributed by atoms with E-state index in [0.717, 1.165) is 5.56 Å². The van der Waals surface area contributed by atoms with Crippen LogP contribution >= 0.6 is 0 Å². The molecule has 1 atom stereocenters. The lowest BCUT2D eigenvalue weighted by molar-refractivity contribution is -0.137. The summed E-state index contributed by atoms with van der Waals surface area (Å²) >= 11 is 0. The van der Waals surface area contributed by atoms with Crippen LogP contribution in [0.15, 0.2) is 24.5 Å². The molecule has 1 heterocycles. The zero-order valence-corrected chi connectivity index (χ0v) is 11.1. The van der Waals surface area contributed by atoms with Gasteiger partial charge < -0.3 is 10.4 Å². The number of aliphatic carboxylic acids is 1. The summed E-state index contributed by atoms with van der Waals surface area (Å²) in [6, 6.07) is 3.78. The molecule has 0 aliphatic carbocycles. The predicted octanol–water partition coefficient (Wildman–Crippen LogP) is 1.63. The zero-order valence-electron chi connectivity index (χ0n) is 11.1. The number of carboxylic acid groups (broad SMARTS) is 1. The average molecular weight is 264 g/mol. The van der Waals surface area contributed by atoms with Crippen LogP contribution in [0.5, 0.6) is 0 Å². The van der Waals surface area contributed by atoms with Crippen molar-refractivity contribution in [1.29, 1.82) is 0 Å². The number of aryl methyl sites for hydroxylation is 1. The van der Waals surface area contributed by atoms with Gasteiger partial charge in [0, 0.05) is 31.8 Å². The van der Waals surface area contributed by atoms with E-state index in [1.54, 1.807) is 12.4 Å². The van der Waals surface area contributed by atoms with E-state index >= 15 is 0 Å². The van der Waals surface area contributed by atoms with E-state index in [9.17, 15) is 9.59 Å². The van der Waals surface area contributed by atoms with Crippen molar-refractivity contribution < 1.29 is 14.7 Å². The number of carbonyl (C=O) groups is 2. The van der Waals surface area contributed by atoms with Gasteiger partial charge in [-0.3, -0.25) is 14.6 Å². The van der Waals surface area contributed by atoms with Gasteiger partial charge in [-0.25, -0.2) is 0 Å². The van der Waals surface area contributed by atoms with Crippen LogP contribution < -0.4 is 5.32 Å². The third-order valence-electron chi connectivity index (χ3n) is 2.89. The second kappa shape index (κ2) is 8.24. The third-order valence-corrected chi connectivity index (χ3v) is 2.89. The molecule has 0 saturated carbocycles. The first-order valence-electron chi connectivity index (χ1n) is 6.45. The van der Waals surface area contributed by atoms with Crippen LogP contribution in [0.3, 0.4) is 0 Å². The Hall–Kier alpha value is -1.91. The maximum Gasteiger partial charge on any atom is 0.303 e. The largest absolute Gasteiger partial charge is 0.481 e. The van der Waals surface area contributed by atoms with E-state index in [4.69, 9.17) is 5.11 Å². The minimum Gasteiger partial charge on any atom is -0.481 e. The zero-order chi connectivity index (χ0) is 14.1. The maximum absolute atomic E-state index is 11.6. The first kappa shape index (κ1) is 15.1. The topological polar surface area (TPSA) is 79.3 Å².